The van der Waals surface area contributed by atoms with E-state index in [4.69, 9.17) is 27.9 Å². The van der Waals surface area contributed by atoms with E-state index in [1.807, 2.05) is 18.2 Å². The van der Waals surface area contributed by atoms with Crippen molar-refractivity contribution in [2.45, 2.75) is 64.1 Å². The summed E-state index contributed by atoms with van der Waals surface area (Å²) in [5.74, 6) is 0.519. The zero-order chi connectivity index (χ0) is 22.9. The molecule has 0 heterocycles. The molecule has 0 unspecified atom stereocenters. The Balaban J connectivity index is 1.59. The monoisotopic (exact) mass is 476 g/mol. The first-order valence-corrected chi connectivity index (χ1v) is 11.9. The van der Waals surface area contributed by atoms with Gasteiger partial charge in [-0.25, -0.2) is 0 Å². The molecular formula is C25H30Cl2N2O3. The lowest BCUT2D eigenvalue weighted by atomic mass is 10.1. The predicted molar refractivity (Wildman–Crippen MR) is 128 cm³/mol. The minimum Gasteiger partial charge on any atom is -0.494 e. The number of nitrogens with zero attached hydrogens (tertiary/aromatic N) is 1. The summed E-state index contributed by atoms with van der Waals surface area (Å²) in [4.78, 5) is 27.6. The van der Waals surface area contributed by atoms with Crippen molar-refractivity contribution < 1.29 is 14.3 Å². The van der Waals surface area contributed by atoms with Crippen LogP contribution in [0.4, 0.5) is 0 Å². The van der Waals surface area contributed by atoms with Crippen LogP contribution in [0.3, 0.4) is 0 Å². The first kappa shape index (κ1) is 24.4. The van der Waals surface area contributed by atoms with Crippen molar-refractivity contribution in [3.05, 3.63) is 64.1 Å². The van der Waals surface area contributed by atoms with Crippen LogP contribution in [0.15, 0.2) is 48.5 Å². The zero-order valence-corrected chi connectivity index (χ0v) is 19.9. The first-order chi connectivity index (χ1) is 15.4. The van der Waals surface area contributed by atoms with Gasteiger partial charge in [-0.2, -0.15) is 0 Å². The Kier molecular flexibility index (Phi) is 9.24. The third-order valence-corrected chi connectivity index (χ3v) is 6.22. The van der Waals surface area contributed by atoms with E-state index >= 15 is 0 Å². The van der Waals surface area contributed by atoms with E-state index in [0.29, 0.717) is 35.4 Å². The van der Waals surface area contributed by atoms with Gasteiger partial charge < -0.3 is 15.0 Å². The number of benzene rings is 2. The lowest BCUT2D eigenvalue weighted by Gasteiger charge is -2.30. The quantitative estimate of drug-likeness (QED) is 0.452. The van der Waals surface area contributed by atoms with Crippen molar-refractivity contribution in [1.82, 2.24) is 10.2 Å². The lowest BCUT2D eigenvalue weighted by molar-refractivity contribution is -0.141. The molecule has 2 amide bonds. The van der Waals surface area contributed by atoms with E-state index in [-0.39, 0.29) is 24.3 Å². The van der Waals surface area contributed by atoms with E-state index in [2.05, 4.69) is 5.32 Å². The molecule has 172 valence electrons. The standard InChI is InChI=1S/C25H30Cl2N2O3/c1-18(25(31)28-22-8-2-3-9-22)29(17-19-6-4-7-21(27)16-19)24(30)10-5-15-32-23-13-11-20(26)12-14-23/h4,6-7,11-14,16,18,22H,2-3,5,8-10,15,17H2,1H3,(H,28,31)/t18-/m1/s1. The van der Waals surface area contributed by atoms with Crippen LogP contribution in [0.5, 0.6) is 5.75 Å². The van der Waals surface area contributed by atoms with Gasteiger partial charge >= 0.3 is 0 Å². The van der Waals surface area contributed by atoms with Crippen LogP contribution >= 0.6 is 23.2 Å². The maximum absolute atomic E-state index is 13.1. The minimum absolute atomic E-state index is 0.0845. The third kappa shape index (κ3) is 7.42. The largest absolute Gasteiger partial charge is 0.494 e. The highest BCUT2D eigenvalue weighted by atomic mass is 35.5. The van der Waals surface area contributed by atoms with E-state index in [0.717, 1.165) is 31.2 Å². The average Bonchev–Trinajstić information content (AvgIpc) is 3.28. The summed E-state index contributed by atoms with van der Waals surface area (Å²) in [7, 11) is 0. The maximum Gasteiger partial charge on any atom is 0.242 e. The first-order valence-electron chi connectivity index (χ1n) is 11.1. The van der Waals surface area contributed by atoms with Crippen LogP contribution in [0.25, 0.3) is 0 Å². The summed E-state index contributed by atoms with van der Waals surface area (Å²) in [6.07, 6.45) is 5.11. The second kappa shape index (κ2) is 12.1. The Labute approximate surface area is 200 Å². The summed E-state index contributed by atoms with van der Waals surface area (Å²) in [5.41, 5.74) is 0.892. The molecule has 0 radical (unpaired) electrons. The van der Waals surface area contributed by atoms with Gasteiger partial charge in [0.25, 0.3) is 0 Å². The fraction of sp³-hybridized carbons (Fsp3) is 0.440. The van der Waals surface area contributed by atoms with Crippen molar-refractivity contribution in [3.8, 4) is 5.75 Å². The molecule has 2 aromatic carbocycles. The molecule has 0 saturated heterocycles. The van der Waals surface area contributed by atoms with E-state index in [1.165, 1.54) is 0 Å². The molecule has 1 fully saturated rings. The fourth-order valence-electron chi connectivity index (χ4n) is 3.89. The van der Waals surface area contributed by atoms with Crippen LogP contribution in [0.1, 0.15) is 51.0 Å². The highest BCUT2D eigenvalue weighted by molar-refractivity contribution is 6.30. The van der Waals surface area contributed by atoms with Crippen molar-refractivity contribution in [3.63, 3.8) is 0 Å². The SMILES string of the molecule is C[C@H](C(=O)NC1CCCC1)N(Cc1cccc(Cl)c1)C(=O)CCCOc1ccc(Cl)cc1. The molecule has 32 heavy (non-hydrogen) atoms. The number of halogens is 2. The smallest absolute Gasteiger partial charge is 0.242 e. The predicted octanol–water partition coefficient (Wildman–Crippen LogP) is 5.63. The van der Waals surface area contributed by atoms with Crippen LogP contribution < -0.4 is 10.1 Å². The molecule has 2 aromatic rings. The lowest BCUT2D eigenvalue weighted by Crippen LogP contribution is -2.49. The summed E-state index contributed by atoms with van der Waals surface area (Å²) >= 11 is 12.0. The van der Waals surface area contributed by atoms with Gasteiger partial charge in [0.15, 0.2) is 0 Å². The summed E-state index contributed by atoms with van der Waals surface area (Å²) in [6, 6.07) is 14.1. The number of carbonyl (C=O) groups is 2. The minimum atomic E-state index is -0.570. The molecule has 0 aromatic heterocycles. The van der Waals surface area contributed by atoms with Gasteiger partial charge in [0.1, 0.15) is 11.8 Å². The number of amides is 2. The second-order valence-corrected chi connectivity index (χ2v) is 9.10. The molecule has 7 heteroatoms. The number of rotatable bonds is 10. The molecule has 1 saturated carbocycles. The molecule has 3 rings (SSSR count). The van der Waals surface area contributed by atoms with Crippen molar-refractivity contribution in [2.75, 3.05) is 6.61 Å². The van der Waals surface area contributed by atoms with Gasteiger partial charge in [-0.1, -0.05) is 48.2 Å². The van der Waals surface area contributed by atoms with Crippen LogP contribution in [0.2, 0.25) is 10.0 Å². The van der Waals surface area contributed by atoms with Gasteiger partial charge in [-0.3, -0.25) is 9.59 Å². The highest BCUT2D eigenvalue weighted by Crippen LogP contribution is 2.20. The average molecular weight is 477 g/mol. The van der Waals surface area contributed by atoms with Gasteiger partial charge in [0.05, 0.1) is 6.61 Å². The number of nitrogens with one attached hydrogen (secondary N) is 1. The Morgan fingerprint density at radius 2 is 1.81 bits per heavy atom. The number of carbonyl (C=O) groups excluding carboxylic acids is 2. The molecular weight excluding hydrogens is 447 g/mol. The molecule has 1 N–H and O–H groups in total. The van der Waals surface area contributed by atoms with E-state index in [1.54, 1.807) is 42.2 Å². The zero-order valence-electron chi connectivity index (χ0n) is 18.4. The number of hydrogen-bond donors (Lipinski definition) is 1. The van der Waals surface area contributed by atoms with Gasteiger partial charge in [0.2, 0.25) is 11.8 Å². The highest BCUT2D eigenvalue weighted by Gasteiger charge is 2.28. The molecule has 1 aliphatic rings. The van der Waals surface area contributed by atoms with E-state index < -0.39 is 6.04 Å². The molecule has 0 bridgehead atoms. The Hall–Kier alpha value is -2.24. The maximum atomic E-state index is 13.1. The molecule has 0 aliphatic heterocycles. The van der Waals surface area contributed by atoms with Crippen molar-refractivity contribution in [2.24, 2.45) is 0 Å². The Bertz CT molecular complexity index is 898. The third-order valence-electron chi connectivity index (χ3n) is 5.73. The summed E-state index contributed by atoms with van der Waals surface area (Å²) in [6.45, 7) is 2.52. The normalized spacial score (nSPS) is 14.7. The molecule has 1 atom stereocenters. The van der Waals surface area contributed by atoms with Crippen molar-refractivity contribution in [1.29, 1.82) is 0 Å². The van der Waals surface area contributed by atoms with Gasteiger partial charge in [0, 0.05) is 29.1 Å². The molecule has 1 aliphatic carbocycles. The van der Waals surface area contributed by atoms with Crippen molar-refractivity contribution >= 4 is 35.0 Å². The van der Waals surface area contributed by atoms with Crippen LogP contribution in [0, 0.1) is 0 Å². The van der Waals surface area contributed by atoms with Gasteiger partial charge in [-0.05, 0) is 68.1 Å². The summed E-state index contributed by atoms with van der Waals surface area (Å²) < 4.78 is 5.70. The Morgan fingerprint density at radius 1 is 1.09 bits per heavy atom. The summed E-state index contributed by atoms with van der Waals surface area (Å²) in [5, 5.41) is 4.36. The number of ether oxygens (including phenoxy) is 1. The topological polar surface area (TPSA) is 58.6 Å². The fourth-order valence-corrected chi connectivity index (χ4v) is 4.23. The molecule has 5 nitrogen and oxygen atoms in total. The van der Waals surface area contributed by atoms with Gasteiger partial charge in [-0.15, -0.1) is 0 Å². The van der Waals surface area contributed by atoms with Crippen LogP contribution in [-0.2, 0) is 16.1 Å². The Morgan fingerprint density at radius 3 is 2.50 bits per heavy atom. The van der Waals surface area contributed by atoms with E-state index in [9.17, 15) is 9.59 Å². The second-order valence-electron chi connectivity index (χ2n) is 8.22. The van der Waals surface area contributed by atoms with Crippen LogP contribution in [-0.4, -0.2) is 35.4 Å². The number of hydrogen-bond acceptors (Lipinski definition) is 3. The molecule has 0 spiro atoms.